The summed E-state index contributed by atoms with van der Waals surface area (Å²) < 4.78 is 38.6. The third kappa shape index (κ3) is 3.94. The Morgan fingerprint density at radius 2 is 1.62 bits per heavy atom. The predicted molar refractivity (Wildman–Crippen MR) is 75.3 cm³/mol. The highest BCUT2D eigenvalue weighted by Crippen LogP contribution is 2.32. The van der Waals surface area contributed by atoms with Crippen LogP contribution in [0.25, 0.3) is 0 Å². The summed E-state index contributed by atoms with van der Waals surface area (Å²) in [7, 11) is 0. The Labute approximate surface area is 121 Å². The molecule has 0 heterocycles. The first kappa shape index (κ1) is 15.3. The normalized spacial score (nSPS) is 11.4. The summed E-state index contributed by atoms with van der Waals surface area (Å²) in [6, 6.07) is 12.5. The molecule has 0 aliphatic carbocycles. The zero-order valence-electron chi connectivity index (χ0n) is 11.6. The molecule has 0 atom stereocenters. The van der Waals surface area contributed by atoms with Gasteiger partial charge in [-0.25, -0.2) is 0 Å². The van der Waals surface area contributed by atoms with E-state index in [1.807, 2.05) is 31.2 Å². The Morgan fingerprint density at radius 3 is 2.24 bits per heavy atom. The minimum absolute atomic E-state index is 0.0656. The molecule has 0 bridgehead atoms. The Hall–Kier alpha value is -2.10. The first-order chi connectivity index (χ1) is 9.88. The largest absolute Gasteiger partial charge is 0.417 e. The van der Waals surface area contributed by atoms with Gasteiger partial charge in [0.2, 0.25) is 0 Å². The molecule has 2 rings (SSSR count). The van der Waals surface area contributed by atoms with Gasteiger partial charge in [-0.3, -0.25) is 4.79 Å². The van der Waals surface area contributed by atoms with Crippen molar-refractivity contribution < 1.29 is 18.0 Å². The van der Waals surface area contributed by atoms with Gasteiger partial charge in [-0.15, -0.1) is 0 Å². The fourth-order valence-corrected chi connectivity index (χ4v) is 2.12. The van der Waals surface area contributed by atoms with Crippen LogP contribution in [0, 0.1) is 6.92 Å². The van der Waals surface area contributed by atoms with Crippen LogP contribution >= 0.6 is 0 Å². The highest BCUT2D eigenvalue weighted by atomic mass is 19.4. The highest BCUT2D eigenvalue weighted by molar-refractivity contribution is 5.97. The Bertz CT molecular complexity index is 627. The molecule has 21 heavy (non-hydrogen) atoms. The maximum Gasteiger partial charge on any atom is 0.417 e. The molecule has 2 aromatic carbocycles. The molecule has 0 aliphatic rings. The number of carbonyl (C=O) groups is 1. The lowest BCUT2D eigenvalue weighted by Crippen LogP contribution is -2.13. The lowest BCUT2D eigenvalue weighted by Gasteiger charge is -2.11. The average Bonchev–Trinajstić information content (AvgIpc) is 2.45. The smallest absolute Gasteiger partial charge is 0.294 e. The molecule has 0 aromatic heterocycles. The third-order valence-corrected chi connectivity index (χ3v) is 3.29. The predicted octanol–water partition coefficient (Wildman–Crippen LogP) is 4.83. The molecular weight excluding hydrogens is 277 g/mol. The summed E-state index contributed by atoms with van der Waals surface area (Å²) in [6.07, 6.45) is -4.00. The number of carbonyl (C=O) groups excluding carboxylic acids is 1. The zero-order chi connectivity index (χ0) is 15.5. The maximum atomic E-state index is 12.9. The number of benzene rings is 2. The van der Waals surface area contributed by atoms with E-state index in [0.717, 1.165) is 17.2 Å². The first-order valence-electron chi connectivity index (χ1n) is 6.63. The molecule has 110 valence electrons. The van der Waals surface area contributed by atoms with E-state index in [4.69, 9.17) is 0 Å². The van der Waals surface area contributed by atoms with Crippen molar-refractivity contribution in [1.29, 1.82) is 0 Å². The minimum atomic E-state index is -4.50. The number of hydrogen-bond donors (Lipinski definition) is 0. The number of rotatable bonds is 4. The van der Waals surface area contributed by atoms with Crippen molar-refractivity contribution in [3.05, 3.63) is 70.8 Å². The summed E-state index contributed by atoms with van der Waals surface area (Å²) in [5.41, 5.74) is 0.932. The van der Waals surface area contributed by atoms with Crippen molar-refractivity contribution in [2.24, 2.45) is 0 Å². The molecule has 0 amide bonds. The molecule has 1 nitrogen and oxygen atoms in total. The van der Waals surface area contributed by atoms with E-state index < -0.39 is 17.5 Å². The van der Waals surface area contributed by atoms with Crippen molar-refractivity contribution in [3.8, 4) is 0 Å². The summed E-state index contributed by atoms with van der Waals surface area (Å²) in [5, 5.41) is 0. The second-order valence-electron chi connectivity index (χ2n) is 4.95. The number of aryl methyl sites for hydroxylation is 2. The quantitative estimate of drug-likeness (QED) is 0.738. The van der Waals surface area contributed by atoms with Crippen LogP contribution in [0.5, 0.6) is 0 Å². The number of Topliss-reactive ketones (excluding diaryl/α,β-unsaturated/α-hetero) is 1. The molecule has 0 saturated heterocycles. The second kappa shape index (κ2) is 6.12. The number of alkyl halides is 3. The number of halogens is 3. The van der Waals surface area contributed by atoms with Gasteiger partial charge >= 0.3 is 6.18 Å². The van der Waals surface area contributed by atoms with Crippen LogP contribution in [0.15, 0.2) is 48.5 Å². The van der Waals surface area contributed by atoms with Gasteiger partial charge < -0.3 is 0 Å². The van der Waals surface area contributed by atoms with Gasteiger partial charge in [0.15, 0.2) is 5.78 Å². The monoisotopic (exact) mass is 292 g/mol. The van der Waals surface area contributed by atoms with Crippen LogP contribution in [0.4, 0.5) is 13.2 Å². The molecule has 4 heteroatoms. The lowest BCUT2D eigenvalue weighted by molar-refractivity contribution is -0.137. The van der Waals surface area contributed by atoms with Crippen LogP contribution in [0.2, 0.25) is 0 Å². The van der Waals surface area contributed by atoms with Gasteiger partial charge in [0.05, 0.1) is 5.56 Å². The summed E-state index contributed by atoms with van der Waals surface area (Å²) >= 11 is 0. The van der Waals surface area contributed by atoms with Gasteiger partial charge in [0, 0.05) is 12.0 Å². The highest BCUT2D eigenvalue weighted by Gasteiger charge is 2.34. The standard InChI is InChI=1S/C17H15F3O/c1-12-6-8-13(9-7-12)10-11-16(21)14-4-2-3-5-15(14)17(18,19)20/h2-9H,10-11H2,1H3. The van der Waals surface area contributed by atoms with E-state index >= 15 is 0 Å². The number of ketones is 1. The molecule has 0 spiro atoms. The van der Waals surface area contributed by atoms with Gasteiger partial charge in [-0.05, 0) is 25.0 Å². The van der Waals surface area contributed by atoms with Crippen LogP contribution < -0.4 is 0 Å². The Balaban J connectivity index is 2.12. The van der Waals surface area contributed by atoms with Crippen molar-refractivity contribution >= 4 is 5.78 Å². The van der Waals surface area contributed by atoms with Crippen LogP contribution in [-0.4, -0.2) is 5.78 Å². The SMILES string of the molecule is Cc1ccc(CCC(=O)c2ccccc2C(F)(F)F)cc1. The van der Waals surface area contributed by atoms with Crippen LogP contribution in [-0.2, 0) is 12.6 Å². The van der Waals surface area contributed by atoms with Crippen molar-refractivity contribution in [1.82, 2.24) is 0 Å². The van der Waals surface area contributed by atoms with Gasteiger partial charge in [0.25, 0.3) is 0 Å². The zero-order valence-corrected chi connectivity index (χ0v) is 11.6. The summed E-state index contributed by atoms with van der Waals surface area (Å²) in [6.45, 7) is 1.95. The number of hydrogen-bond acceptors (Lipinski definition) is 1. The topological polar surface area (TPSA) is 17.1 Å². The maximum absolute atomic E-state index is 12.9. The molecule has 0 radical (unpaired) electrons. The van der Waals surface area contributed by atoms with Crippen LogP contribution in [0.1, 0.15) is 33.5 Å². The van der Waals surface area contributed by atoms with Crippen molar-refractivity contribution in [2.75, 3.05) is 0 Å². The van der Waals surface area contributed by atoms with E-state index in [2.05, 4.69) is 0 Å². The third-order valence-electron chi connectivity index (χ3n) is 3.29. The van der Waals surface area contributed by atoms with Crippen molar-refractivity contribution in [2.45, 2.75) is 25.9 Å². The second-order valence-corrected chi connectivity index (χ2v) is 4.95. The van der Waals surface area contributed by atoms with Gasteiger partial charge in [-0.1, -0.05) is 48.0 Å². The van der Waals surface area contributed by atoms with Crippen molar-refractivity contribution in [3.63, 3.8) is 0 Å². The van der Waals surface area contributed by atoms with E-state index in [1.165, 1.54) is 18.2 Å². The first-order valence-corrected chi connectivity index (χ1v) is 6.63. The van der Waals surface area contributed by atoms with Gasteiger partial charge in [-0.2, -0.15) is 13.2 Å². The molecular formula is C17H15F3O. The molecule has 2 aromatic rings. The van der Waals surface area contributed by atoms with Gasteiger partial charge in [0.1, 0.15) is 0 Å². The summed E-state index contributed by atoms with van der Waals surface area (Å²) in [5.74, 6) is -0.483. The fourth-order valence-electron chi connectivity index (χ4n) is 2.12. The fraction of sp³-hybridized carbons (Fsp3) is 0.235. The molecule has 0 fully saturated rings. The lowest BCUT2D eigenvalue weighted by atomic mass is 9.98. The van der Waals surface area contributed by atoms with E-state index in [9.17, 15) is 18.0 Å². The van der Waals surface area contributed by atoms with E-state index in [-0.39, 0.29) is 12.0 Å². The minimum Gasteiger partial charge on any atom is -0.294 e. The van der Waals surface area contributed by atoms with E-state index in [1.54, 1.807) is 0 Å². The average molecular weight is 292 g/mol. The van der Waals surface area contributed by atoms with Crippen LogP contribution in [0.3, 0.4) is 0 Å². The summed E-state index contributed by atoms with van der Waals surface area (Å²) in [4.78, 5) is 12.1. The molecule has 0 aliphatic heterocycles. The Kier molecular flexibility index (Phi) is 4.46. The molecule has 0 saturated carbocycles. The Morgan fingerprint density at radius 1 is 1.00 bits per heavy atom. The molecule has 0 N–H and O–H groups in total. The van der Waals surface area contributed by atoms with E-state index in [0.29, 0.717) is 6.42 Å². The molecule has 0 unspecified atom stereocenters.